The molecule has 0 bridgehead atoms. The summed E-state index contributed by atoms with van der Waals surface area (Å²) in [6.07, 6.45) is -3.39. The zero-order valence-electron chi connectivity index (χ0n) is 9.25. The van der Waals surface area contributed by atoms with Gasteiger partial charge < -0.3 is 5.73 Å². The van der Waals surface area contributed by atoms with Gasteiger partial charge >= 0.3 is 6.18 Å². The topological polar surface area (TPSA) is 56.7 Å². The summed E-state index contributed by atoms with van der Waals surface area (Å²) < 4.78 is 38.5. The highest BCUT2D eigenvalue weighted by atomic mass is 19.4. The van der Waals surface area contributed by atoms with Crippen molar-refractivity contribution < 1.29 is 13.2 Å². The summed E-state index contributed by atoms with van der Waals surface area (Å²) in [6.45, 7) is 3.20. The Kier molecular flexibility index (Phi) is 3.90. The number of hydrogen-bond acceptors (Lipinski definition) is 3. The van der Waals surface area contributed by atoms with E-state index in [1.54, 1.807) is 6.92 Å². The van der Waals surface area contributed by atoms with Crippen LogP contribution in [0.2, 0.25) is 0 Å². The minimum atomic E-state index is -4.31. The van der Waals surface area contributed by atoms with Crippen molar-refractivity contribution in [1.82, 2.24) is 15.0 Å². The minimum Gasteiger partial charge on any atom is -0.330 e. The van der Waals surface area contributed by atoms with E-state index in [2.05, 4.69) is 10.3 Å². The number of nitrogens with two attached hydrogens (primary N) is 1. The number of rotatable bonds is 4. The van der Waals surface area contributed by atoms with E-state index in [4.69, 9.17) is 5.73 Å². The van der Waals surface area contributed by atoms with Gasteiger partial charge in [-0.2, -0.15) is 13.2 Å². The zero-order valence-corrected chi connectivity index (χ0v) is 9.25. The Morgan fingerprint density at radius 1 is 1.44 bits per heavy atom. The van der Waals surface area contributed by atoms with Crippen LogP contribution in [0.1, 0.15) is 31.3 Å². The van der Waals surface area contributed by atoms with E-state index in [9.17, 15) is 13.2 Å². The Bertz CT molecular complexity index is 345. The second-order valence-corrected chi connectivity index (χ2v) is 3.54. The SMILES string of the molecule is CCc1c(CCN)nnn1C(C)C(F)(F)F. The number of aromatic nitrogens is 3. The molecule has 1 atom stereocenters. The molecule has 7 heteroatoms. The van der Waals surface area contributed by atoms with E-state index in [0.717, 1.165) is 11.6 Å². The maximum atomic E-state index is 12.5. The third kappa shape index (κ3) is 2.52. The van der Waals surface area contributed by atoms with Crippen molar-refractivity contribution in [3.05, 3.63) is 11.4 Å². The van der Waals surface area contributed by atoms with Gasteiger partial charge in [0.1, 0.15) is 6.04 Å². The van der Waals surface area contributed by atoms with Gasteiger partial charge in [-0.25, -0.2) is 4.68 Å². The molecule has 0 aliphatic carbocycles. The standard InChI is InChI=1S/C9H15F3N4/c1-3-8-7(4-5-13)14-15-16(8)6(2)9(10,11)12/h6H,3-5,13H2,1-2H3. The molecular weight excluding hydrogens is 221 g/mol. The molecule has 0 spiro atoms. The van der Waals surface area contributed by atoms with Crippen LogP contribution in [-0.2, 0) is 12.8 Å². The molecule has 0 aliphatic heterocycles. The summed E-state index contributed by atoms with van der Waals surface area (Å²) in [5.41, 5.74) is 6.42. The highest BCUT2D eigenvalue weighted by molar-refractivity contribution is 5.11. The lowest BCUT2D eigenvalue weighted by atomic mass is 10.2. The van der Waals surface area contributed by atoms with Gasteiger partial charge in [-0.15, -0.1) is 5.10 Å². The molecule has 0 aromatic carbocycles. The van der Waals surface area contributed by atoms with Gasteiger partial charge in [-0.05, 0) is 19.9 Å². The van der Waals surface area contributed by atoms with Gasteiger partial charge in [0.05, 0.1) is 11.4 Å². The quantitative estimate of drug-likeness (QED) is 0.861. The molecule has 0 fully saturated rings. The van der Waals surface area contributed by atoms with Crippen LogP contribution in [0.5, 0.6) is 0 Å². The van der Waals surface area contributed by atoms with Crippen LogP contribution in [0.3, 0.4) is 0 Å². The fourth-order valence-electron chi connectivity index (χ4n) is 1.49. The average molecular weight is 236 g/mol. The van der Waals surface area contributed by atoms with E-state index in [-0.39, 0.29) is 0 Å². The molecular formula is C9H15F3N4. The predicted octanol–water partition coefficient (Wildman–Crippen LogP) is 1.46. The van der Waals surface area contributed by atoms with Gasteiger partial charge in [-0.3, -0.25) is 0 Å². The Morgan fingerprint density at radius 2 is 2.06 bits per heavy atom. The van der Waals surface area contributed by atoms with Crippen LogP contribution >= 0.6 is 0 Å². The fraction of sp³-hybridized carbons (Fsp3) is 0.778. The second kappa shape index (κ2) is 4.82. The summed E-state index contributed by atoms with van der Waals surface area (Å²) in [7, 11) is 0. The molecule has 0 amide bonds. The second-order valence-electron chi connectivity index (χ2n) is 3.54. The van der Waals surface area contributed by atoms with Gasteiger partial charge in [-0.1, -0.05) is 12.1 Å². The van der Waals surface area contributed by atoms with Gasteiger partial charge in [0.15, 0.2) is 0 Å². The molecule has 1 aromatic rings. The van der Waals surface area contributed by atoms with Crippen LogP contribution < -0.4 is 5.73 Å². The van der Waals surface area contributed by atoms with Crippen molar-refractivity contribution >= 4 is 0 Å². The van der Waals surface area contributed by atoms with Crippen LogP contribution in [-0.4, -0.2) is 27.7 Å². The maximum absolute atomic E-state index is 12.5. The van der Waals surface area contributed by atoms with Gasteiger partial charge in [0.25, 0.3) is 0 Å². The normalized spacial score (nSPS) is 14.1. The van der Waals surface area contributed by atoms with Crippen molar-refractivity contribution in [2.24, 2.45) is 5.73 Å². The minimum absolute atomic E-state index is 0.353. The molecule has 0 saturated heterocycles. The molecule has 2 N–H and O–H groups in total. The van der Waals surface area contributed by atoms with Crippen LogP contribution in [0.4, 0.5) is 13.2 Å². The molecule has 1 heterocycles. The molecule has 1 aromatic heterocycles. The molecule has 0 saturated carbocycles. The Balaban J connectivity index is 3.05. The Labute approximate surface area is 91.6 Å². The summed E-state index contributed by atoms with van der Waals surface area (Å²) in [6, 6.07) is -1.65. The van der Waals surface area contributed by atoms with Crippen LogP contribution in [0, 0.1) is 0 Å². The van der Waals surface area contributed by atoms with E-state index in [0.29, 0.717) is 30.8 Å². The predicted molar refractivity (Wildman–Crippen MR) is 52.9 cm³/mol. The number of alkyl halides is 3. The van der Waals surface area contributed by atoms with Crippen molar-refractivity contribution in [1.29, 1.82) is 0 Å². The molecule has 0 radical (unpaired) electrons. The monoisotopic (exact) mass is 236 g/mol. The number of halogens is 3. The van der Waals surface area contributed by atoms with Crippen molar-refractivity contribution in [3.63, 3.8) is 0 Å². The van der Waals surface area contributed by atoms with Crippen LogP contribution in [0.15, 0.2) is 0 Å². The number of hydrogen-bond donors (Lipinski definition) is 1. The van der Waals surface area contributed by atoms with Gasteiger partial charge in [0, 0.05) is 6.42 Å². The molecule has 0 aliphatic rings. The highest BCUT2D eigenvalue weighted by Gasteiger charge is 2.39. The fourth-order valence-corrected chi connectivity index (χ4v) is 1.49. The van der Waals surface area contributed by atoms with E-state index >= 15 is 0 Å². The molecule has 92 valence electrons. The lowest BCUT2D eigenvalue weighted by Gasteiger charge is -2.17. The Morgan fingerprint density at radius 3 is 2.50 bits per heavy atom. The third-order valence-electron chi connectivity index (χ3n) is 2.43. The van der Waals surface area contributed by atoms with Crippen molar-refractivity contribution in [2.45, 2.75) is 38.9 Å². The largest absolute Gasteiger partial charge is 0.410 e. The van der Waals surface area contributed by atoms with Crippen molar-refractivity contribution in [3.8, 4) is 0 Å². The maximum Gasteiger partial charge on any atom is 0.410 e. The summed E-state index contributed by atoms with van der Waals surface area (Å²) >= 11 is 0. The van der Waals surface area contributed by atoms with E-state index in [1.807, 2.05) is 0 Å². The first-order valence-electron chi connectivity index (χ1n) is 5.11. The van der Waals surface area contributed by atoms with E-state index in [1.165, 1.54) is 0 Å². The van der Waals surface area contributed by atoms with Crippen molar-refractivity contribution in [2.75, 3.05) is 6.54 Å². The number of nitrogens with zero attached hydrogens (tertiary/aromatic N) is 3. The van der Waals surface area contributed by atoms with Gasteiger partial charge in [0.2, 0.25) is 0 Å². The molecule has 16 heavy (non-hydrogen) atoms. The summed E-state index contributed by atoms with van der Waals surface area (Å²) in [5, 5.41) is 7.31. The van der Waals surface area contributed by atoms with Crippen LogP contribution in [0.25, 0.3) is 0 Å². The summed E-state index contributed by atoms with van der Waals surface area (Å²) in [4.78, 5) is 0. The molecule has 1 rings (SSSR count). The first-order valence-corrected chi connectivity index (χ1v) is 5.11. The molecule has 4 nitrogen and oxygen atoms in total. The smallest absolute Gasteiger partial charge is 0.330 e. The third-order valence-corrected chi connectivity index (χ3v) is 2.43. The lowest BCUT2D eigenvalue weighted by molar-refractivity contribution is -0.166. The van der Waals surface area contributed by atoms with E-state index < -0.39 is 12.2 Å². The Hall–Kier alpha value is -1.11. The summed E-state index contributed by atoms with van der Waals surface area (Å²) in [5.74, 6) is 0. The molecule has 1 unspecified atom stereocenters. The lowest BCUT2D eigenvalue weighted by Crippen LogP contribution is -2.26. The average Bonchev–Trinajstić information content (AvgIpc) is 2.58. The first-order chi connectivity index (χ1) is 7.41. The zero-order chi connectivity index (χ0) is 12.3. The first kappa shape index (κ1) is 13.0. The highest BCUT2D eigenvalue weighted by Crippen LogP contribution is 2.30.